The average Bonchev–Trinajstić information content (AvgIpc) is 2.98. The minimum atomic E-state index is -0.462. The van der Waals surface area contributed by atoms with Gasteiger partial charge in [-0.15, -0.1) is 0 Å². The third kappa shape index (κ3) is 3.70. The van der Waals surface area contributed by atoms with E-state index in [1.807, 2.05) is 45.3 Å². The van der Waals surface area contributed by atoms with E-state index >= 15 is 0 Å². The molecule has 0 unspecified atom stereocenters. The maximum atomic E-state index is 12.8. The van der Waals surface area contributed by atoms with Gasteiger partial charge in [-0.2, -0.15) is 5.10 Å². The zero-order valence-electron chi connectivity index (χ0n) is 14.8. The van der Waals surface area contributed by atoms with Gasteiger partial charge in [0.2, 0.25) is 11.8 Å². The molecule has 7 nitrogen and oxygen atoms in total. The Balaban J connectivity index is 1.78. The first kappa shape index (κ1) is 17.1. The van der Waals surface area contributed by atoms with Crippen LogP contribution in [0.5, 0.6) is 0 Å². The molecular formula is C18H23N5O2. The number of hydrogen-bond donors (Lipinski definition) is 1. The fraction of sp³-hybridized carbons (Fsp3) is 0.444. The van der Waals surface area contributed by atoms with E-state index in [0.29, 0.717) is 19.6 Å². The maximum Gasteiger partial charge on any atom is 0.231 e. The highest BCUT2D eigenvalue weighted by Crippen LogP contribution is 2.28. The molecule has 1 atom stereocenters. The molecule has 132 valence electrons. The maximum absolute atomic E-state index is 12.8. The number of nitrogens with zero attached hydrogens (tertiary/aromatic N) is 4. The molecule has 25 heavy (non-hydrogen) atoms. The Morgan fingerprint density at radius 2 is 2.16 bits per heavy atom. The molecule has 1 aliphatic heterocycles. The molecule has 7 heteroatoms. The average molecular weight is 341 g/mol. The second-order valence-electron chi connectivity index (χ2n) is 6.68. The Labute approximate surface area is 147 Å². The molecule has 0 radical (unpaired) electrons. The molecule has 0 bridgehead atoms. The van der Waals surface area contributed by atoms with Crippen molar-refractivity contribution in [1.82, 2.24) is 25.0 Å². The summed E-state index contributed by atoms with van der Waals surface area (Å²) in [6.07, 6.45) is 3.58. The zero-order valence-corrected chi connectivity index (χ0v) is 14.8. The minimum Gasteiger partial charge on any atom is -0.350 e. The van der Waals surface area contributed by atoms with E-state index in [-0.39, 0.29) is 17.7 Å². The lowest BCUT2D eigenvalue weighted by Gasteiger charge is -2.32. The molecule has 0 saturated carbocycles. The highest BCUT2D eigenvalue weighted by atomic mass is 16.2. The van der Waals surface area contributed by atoms with E-state index in [2.05, 4.69) is 15.4 Å². The highest BCUT2D eigenvalue weighted by molar-refractivity contribution is 5.86. The van der Waals surface area contributed by atoms with Gasteiger partial charge in [-0.25, -0.2) is 0 Å². The summed E-state index contributed by atoms with van der Waals surface area (Å²) in [7, 11) is 1.83. The van der Waals surface area contributed by atoms with E-state index in [0.717, 1.165) is 17.0 Å². The fourth-order valence-corrected chi connectivity index (χ4v) is 3.09. The van der Waals surface area contributed by atoms with Crippen LogP contribution in [-0.4, -0.2) is 38.0 Å². The van der Waals surface area contributed by atoms with Crippen molar-refractivity contribution < 1.29 is 9.59 Å². The smallest absolute Gasteiger partial charge is 0.231 e. The normalized spacial score (nSPS) is 16.6. The van der Waals surface area contributed by atoms with Gasteiger partial charge in [0.05, 0.1) is 23.9 Å². The quantitative estimate of drug-likeness (QED) is 0.906. The number of rotatable bonds is 4. The van der Waals surface area contributed by atoms with Crippen molar-refractivity contribution in [2.24, 2.45) is 13.0 Å². The van der Waals surface area contributed by atoms with Gasteiger partial charge in [-0.05, 0) is 12.1 Å². The van der Waals surface area contributed by atoms with Crippen molar-refractivity contribution in [3.63, 3.8) is 0 Å². The lowest BCUT2D eigenvalue weighted by Crippen LogP contribution is -2.44. The topological polar surface area (TPSA) is 80.1 Å². The van der Waals surface area contributed by atoms with Gasteiger partial charge in [-0.3, -0.25) is 19.3 Å². The molecular weight excluding hydrogens is 318 g/mol. The summed E-state index contributed by atoms with van der Waals surface area (Å²) >= 11 is 0. The van der Waals surface area contributed by atoms with Gasteiger partial charge in [0, 0.05) is 44.0 Å². The third-order valence-corrected chi connectivity index (χ3v) is 4.32. The molecule has 2 aromatic heterocycles. The Hall–Kier alpha value is -2.70. The number of nitrogens with one attached hydrogen (secondary N) is 1. The Bertz CT molecular complexity index is 769. The van der Waals surface area contributed by atoms with Crippen molar-refractivity contribution >= 4 is 11.8 Å². The van der Waals surface area contributed by atoms with E-state index in [1.165, 1.54) is 0 Å². The molecule has 3 heterocycles. The molecule has 2 aromatic rings. The number of carbonyl (C=O) groups excluding carboxylic acids is 2. The molecule has 1 aliphatic rings. The number of hydrogen-bond acceptors (Lipinski definition) is 4. The van der Waals surface area contributed by atoms with Crippen LogP contribution in [0.2, 0.25) is 0 Å². The number of fused-ring (bicyclic) bond motifs is 1. The Morgan fingerprint density at radius 3 is 2.84 bits per heavy atom. The summed E-state index contributed by atoms with van der Waals surface area (Å²) in [5.74, 6) is -0.643. The van der Waals surface area contributed by atoms with Crippen molar-refractivity contribution in [3.05, 3.63) is 47.5 Å². The van der Waals surface area contributed by atoms with Crippen LogP contribution in [0.1, 0.15) is 36.7 Å². The van der Waals surface area contributed by atoms with Crippen molar-refractivity contribution in [3.8, 4) is 0 Å². The van der Waals surface area contributed by atoms with Gasteiger partial charge in [0.25, 0.3) is 0 Å². The summed E-state index contributed by atoms with van der Waals surface area (Å²) in [6, 6.07) is 5.58. The SMILES string of the molecule is CC(C)C(=O)N1Cc2cn(C)nc2[C@@H](C(=O)NCc2ccccn2)C1. The predicted octanol–water partition coefficient (Wildman–Crippen LogP) is 1.21. The number of aryl methyl sites for hydroxylation is 1. The molecule has 0 fully saturated rings. The first-order valence-corrected chi connectivity index (χ1v) is 8.44. The number of pyridine rings is 1. The first-order chi connectivity index (χ1) is 12.0. The van der Waals surface area contributed by atoms with Gasteiger partial charge >= 0.3 is 0 Å². The van der Waals surface area contributed by atoms with Gasteiger partial charge in [0.15, 0.2) is 0 Å². The number of aromatic nitrogens is 3. The summed E-state index contributed by atoms with van der Waals surface area (Å²) in [5.41, 5.74) is 2.48. The summed E-state index contributed by atoms with van der Waals surface area (Å²) in [6.45, 7) is 4.96. The van der Waals surface area contributed by atoms with E-state index in [1.54, 1.807) is 15.8 Å². The van der Waals surface area contributed by atoms with Gasteiger partial charge < -0.3 is 10.2 Å². The van der Waals surface area contributed by atoms with Crippen LogP contribution in [0.15, 0.2) is 30.6 Å². The molecule has 0 aromatic carbocycles. The van der Waals surface area contributed by atoms with Crippen LogP contribution in [0.3, 0.4) is 0 Å². The van der Waals surface area contributed by atoms with Crippen LogP contribution in [0, 0.1) is 5.92 Å². The highest BCUT2D eigenvalue weighted by Gasteiger charge is 2.35. The summed E-state index contributed by atoms with van der Waals surface area (Å²) in [5, 5.41) is 7.37. The van der Waals surface area contributed by atoms with Gasteiger partial charge in [-0.1, -0.05) is 19.9 Å². The fourth-order valence-electron chi connectivity index (χ4n) is 3.09. The number of carbonyl (C=O) groups is 2. The summed E-state index contributed by atoms with van der Waals surface area (Å²) in [4.78, 5) is 31.1. The van der Waals surface area contributed by atoms with Crippen molar-refractivity contribution in [1.29, 1.82) is 0 Å². The van der Waals surface area contributed by atoms with Crippen molar-refractivity contribution in [2.45, 2.75) is 32.9 Å². The first-order valence-electron chi connectivity index (χ1n) is 8.44. The van der Waals surface area contributed by atoms with E-state index in [4.69, 9.17) is 0 Å². The van der Waals surface area contributed by atoms with E-state index in [9.17, 15) is 9.59 Å². The largest absolute Gasteiger partial charge is 0.350 e. The molecule has 2 amide bonds. The van der Waals surface area contributed by atoms with Gasteiger partial charge in [0.1, 0.15) is 0 Å². The monoisotopic (exact) mass is 341 g/mol. The molecule has 3 rings (SSSR count). The number of amides is 2. The molecule has 1 N–H and O–H groups in total. The molecule has 0 spiro atoms. The lowest BCUT2D eigenvalue weighted by molar-refractivity contribution is -0.136. The second-order valence-corrected chi connectivity index (χ2v) is 6.68. The Morgan fingerprint density at radius 1 is 1.36 bits per heavy atom. The van der Waals surface area contributed by atoms with Crippen LogP contribution < -0.4 is 5.32 Å². The lowest BCUT2D eigenvalue weighted by atomic mass is 9.94. The Kier molecular flexibility index (Phi) is 4.83. The molecule has 0 saturated heterocycles. The van der Waals surface area contributed by atoms with Crippen molar-refractivity contribution in [2.75, 3.05) is 6.54 Å². The van der Waals surface area contributed by atoms with Crippen LogP contribution in [0.25, 0.3) is 0 Å². The minimum absolute atomic E-state index is 0.0528. The predicted molar refractivity (Wildman–Crippen MR) is 92.3 cm³/mol. The van der Waals surface area contributed by atoms with E-state index < -0.39 is 5.92 Å². The third-order valence-electron chi connectivity index (χ3n) is 4.32. The second kappa shape index (κ2) is 7.04. The zero-order chi connectivity index (χ0) is 18.0. The standard InChI is InChI=1S/C18H23N5O2/c1-12(2)18(25)23-10-13-9-22(3)21-16(13)15(11-23)17(24)20-8-14-6-4-5-7-19-14/h4-7,9,12,15H,8,10-11H2,1-3H3,(H,20,24)/t15-/m0/s1. The van der Waals surface area contributed by atoms with Crippen LogP contribution in [-0.2, 0) is 29.7 Å². The van der Waals surface area contributed by atoms with Crippen LogP contribution >= 0.6 is 0 Å². The molecule has 0 aliphatic carbocycles. The summed E-state index contributed by atoms with van der Waals surface area (Å²) < 4.78 is 1.70. The van der Waals surface area contributed by atoms with Crippen LogP contribution in [0.4, 0.5) is 0 Å².